The lowest BCUT2D eigenvalue weighted by atomic mass is 10.00. The highest BCUT2D eigenvalue weighted by atomic mass is 79.9. The Labute approximate surface area is 281 Å². The molecule has 4 aromatic rings. The van der Waals surface area contributed by atoms with Crippen molar-refractivity contribution in [3.05, 3.63) is 92.6 Å². The molecule has 45 heavy (non-hydrogen) atoms. The van der Waals surface area contributed by atoms with Crippen LogP contribution in [0.3, 0.4) is 0 Å². The average molecular weight is 720 g/mol. The lowest BCUT2D eigenvalue weighted by Crippen LogP contribution is -2.28. The van der Waals surface area contributed by atoms with Gasteiger partial charge in [0.1, 0.15) is 11.4 Å². The molecule has 11 heteroatoms. The fourth-order valence-corrected chi connectivity index (χ4v) is 5.84. The standard InChI is InChI=1S/C32H35BrCl2N2O2.C2H2O4/c1-3-5-17-36(18-6-4-2)19-9-21-39-28-16-13-24(22-26(28)35)32(38)31-29(23-11-14-25(34)15-12-23)30(33)27-10-7-8-20-37(27)31;3-1(4)2(5)6/h7-8,10-16,20,22H,3-6,9,17-19,21H2,1-2H3;(H,3,4)(H,5,6). The third-order valence-electron chi connectivity index (χ3n) is 7.04. The summed E-state index contributed by atoms with van der Waals surface area (Å²) < 4.78 is 8.79. The van der Waals surface area contributed by atoms with Gasteiger partial charge in [0.25, 0.3) is 0 Å². The minimum Gasteiger partial charge on any atom is -0.492 e. The predicted molar refractivity (Wildman–Crippen MR) is 182 cm³/mol. The number of hydrogen-bond acceptors (Lipinski definition) is 5. The number of carbonyl (C=O) groups excluding carboxylic acids is 1. The smallest absolute Gasteiger partial charge is 0.414 e. The molecular weight excluding hydrogens is 683 g/mol. The Morgan fingerprint density at radius 1 is 0.867 bits per heavy atom. The Bertz CT molecular complexity index is 1590. The topological polar surface area (TPSA) is 109 Å². The van der Waals surface area contributed by atoms with E-state index in [1.165, 1.54) is 25.7 Å². The van der Waals surface area contributed by atoms with E-state index in [1.807, 2.05) is 53.1 Å². The number of carbonyl (C=O) groups is 3. The Morgan fingerprint density at radius 2 is 1.49 bits per heavy atom. The van der Waals surface area contributed by atoms with Crippen LogP contribution in [0.5, 0.6) is 5.75 Å². The van der Waals surface area contributed by atoms with Gasteiger partial charge in [-0.25, -0.2) is 9.59 Å². The first-order chi connectivity index (χ1) is 21.6. The molecular formula is C34H37BrCl2N2O6. The average Bonchev–Trinajstić information content (AvgIpc) is 3.33. The van der Waals surface area contributed by atoms with Crippen molar-refractivity contribution >= 4 is 62.4 Å². The summed E-state index contributed by atoms with van der Waals surface area (Å²) in [5.41, 5.74) is 3.68. The number of pyridine rings is 1. The highest BCUT2D eigenvalue weighted by Gasteiger charge is 2.25. The van der Waals surface area contributed by atoms with Crippen LogP contribution < -0.4 is 4.74 Å². The van der Waals surface area contributed by atoms with Gasteiger partial charge in [0.15, 0.2) is 0 Å². The Morgan fingerprint density at radius 3 is 2.07 bits per heavy atom. The second kappa shape index (κ2) is 17.9. The summed E-state index contributed by atoms with van der Waals surface area (Å²) in [6.45, 7) is 8.32. The van der Waals surface area contributed by atoms with E-state index in [0.29, 0.717) is 33.7 Å². The minimum atomic E-state index is -1.82. The molecule has 0 spiro atoms. The lowest BCUT2D eigenvalue weighted by molar-refractivity contribution is -0.159. The maximum Gasteiger partial charge on any atom is 0.414 e. The highest BCUT2D eigenvalue weighted by molar-refractivity contribution is 9.10. The molecule has 0 amide bonds. The SMILES string of the molecule is CCCCN(CCCC)CCCOc1ccc(C(=O)c2c(-c3ccc(Cl)cc3)c(Br)c3ccccn23)cc1Cl.O=C(O)C(=O)O. The molecule has 0 fully saturated rings. The normalized spacial score (nSPS) is 10.9. The molecule has 8 nitrogen and oxygen atoms in total. The van der Waals surface area contributed by atoms with Crippen LogP contribution in [0.2, 0.25) is 10.0 Å². The molecule has 0 atom stereocenters. The molecule has 0 aliphatic heterocycles. The van der Waals surface area contributed by atoms with Crippen molar-refractivity contribution in [2.75, 3.05) is 26.2 Å². The minimum absolute atomic E-state index is 0.122. The number of rotatable bonds is 14. The first kappa shape index (κ1) is 36.1. The zero-order valence-electron chi connectivity index (χ0n) is 25.3. The van der Waals surface area contributed by atoms with Gasteiger partial charge in [0, 0.05) is 28.9 Å². The molecule has 2 N–H and O–H groups in total. The molecule has 0 bridgehead atoms. The van der Waals surface area contributed by atoms with E-state index in [9.17, 15) is 4.79 Å². The highest BCUT2D eigenvalue weighted by Crippen LogP contribution is 2.39. The zero-order chi connectivity index (χ0) is 32.9. The number of ether oxygens (including phenoxy) is 1. The molecule has 0 radical (unpaired) electrons. The molecule has 0 aliphatic carbocycles. The van der Waals surface area contributed by atoms with E-state index in [0.717, 1.165) is 47.2 Å². The zero-order valence-corrected chi connectivity index (χ0v) is 28.4. The summed E-state index contributed by atoms with van der Waals surface area (Å²) in [6, 6.07) is 18.7. The summed E-state index contributed by atoms with van der Waals surface area (Å²) in [5, 5.41) is 15.9. The van der Waals surface area contributed by atoms with Crippen LogP contribution in [0, 0.1) is 0 Å². The van der Waals surface area contributed by atoms with Gasteiger partial charge >= 0.3 is 11.9 Å². The fourth-order valence-electron chi connectivity index (χ4n) is 4.74. The van der Waals surface area contributed by atoms with Crippen molar-refractivity contribution in [1.29, 1.82) is 0 Å². The molecule has 2 heterocycles. The van der Waals surface area contributed by atoms with Crippen molar-refractivity contribution in [1.82, 2.24) is 9.30 Å². The number of halogens is 3. The summed E-state index contributed by atoms with van der Waals surface area (Å²) in [4.78, 5) is 34.7. The number of benzene rings is 2. The molecule has 240 valence electrons. The van der Waals surface area contributed by atoms with Gasteiger partial charge in [-0.1, -0.05) is 68.1 Å². The van der Waals surface area contributed by atoms with E-state index in [2.05, 4.69) is 34.7 Å². The van der Waals surface area contributed by atoms with Crippen LogP contribution in [-0.4, -0.2) is 63.5 Å². The van der Waals surface area contributed by atoms with Crippen LogP contribution in [0.4, 0.5) is 0 Å². The van der Waals surface area contributed by atoms with Gasteiger partial charge in [0.05, 0.1) is 21.6 Å². The van der Waals surface area contributed by atoms with Crippen LogP contribution in [-0.2, 0) is 9.59 Å². The second-order valence-electron chi connectivity index (χ2n) is 10.3. The van der Waals surface area contributed by atoms with Gasteiger partial charge < -0.3 is 24.3 Å². The summed E-state index contributed by atoms with van der Waals surface area (Å²) in [5.74, 6) is -3.17. The lowest BCUT2D eigenvalue weighted by Gasteiger charge is -2.22. The molecule has 0 saturated carbocycles. The van der Waals surface area contributed by atoms with E-state index < -0.39 is 11.9 Å². The predicted octanol–water partition coefficient (Wildman–Crippen LogP) is 8.73. The van der Waals surface area contributed by atoms with E-state index >= 15 is 0 Å². The van der Waals surface area contributed by atoms with Crippen molar-refractivity contribution in [3.8, 4) is 16.9 Å². The Balaban J connectivity index is 0.000000838. The van der Waals surface area contributed by atoms with Crippen molar-refractivity contribution in [2.24, 2.45) is 0 Å². The molecule has 0 unspecified atom stereocenters. The third kappa shape index (κ3) is 10.1. The second-order valence-corrected chi connectivity index (χ2v) is 12.0. The number of unbranched alkanes of at least 4 members (excludes halogenated alkanes) is 2. The third-order valence-corrected chi connectivity index (χ3v) is 8.39. The largest absolute Gasteiger partial charge is 0.492 e. The van der Waals surface area contributed by atoms with Gasteiger partial charge in [-0.3, -0.25) is 4.79 Å². The molecule has 2 aromatic heterocycles. The number of carboxylic acid groups (broad SMARTS) is 2. The van der Waals surface area contributed by atoms with Crippen molar-refractivity contribution < 1.29 is 29.3 Å². The van der Waals surface area contributed by atoms with E-state index in [4.69, 9.17) is 47.7 Å². The number of fused-ring (bicyclic) bond motifs is 1. The Hall–Kier alpha value is -3.37. The summed E-state index contributed by atoms with van der Waals surface area (Å²) >= 11 is 16.5. The van der Waals surface area contributed by atoms with Gasteiger partial charge in [-0.15, -0.1) is 0 Å². The number of carboxylic acids is 2. The van der Waals surface area contributed by atoms with Crippen LogP contribution in [0.25, 0.3) is 16.6 Å². The monoisotopic (exact) mass is 718 g/mol. The summed E-state index contributed by atoms with van der Waals surface area (Å²) in [6.07, 6.45) is 7.68. The number of aliphatic carboxylic acids is 2. The van der Waals surface area contributed by atoms with Gasteiger partial charge in [-0.05, 0) is 96.3 Å². The fraction of sp³-hybridized carbons (Fsp3) is 0.324. The van der Waals surface area contributed by atoms with Crippen molar-refractivity contribution in [2.45, 2.75) is 46.0 Å². The van der Waals surface area contributed by atoms with Crippen molar-refractivity contribution in [3.63, 3.8) is 0 Å². The molecule has 4 rings (SSSR count). The maximum atomic E-state index is 13.9. The van der Waals surface area contributed by atoms with Crippen LogP contribution in [0.15, 0.2) is 71.3 Å². The maximum absolute atomic E-state index is 13.9. The summed E-state index contributed by atoms with van der Waals surface area (Å²) in [7, 11) is 0. The van der Waals surface area contributed by atoms with E-state index in [-0.39, 0.29) is 5.78 Å². The van der Waals surface area contributed by atoms with Crippen LogP contribution in [0.1, 0.15) is 62.0 Å². The van der Waals surface area contributed by atoms with E-state index in [1.54, 1.807) is 18.2 Å². The number of hydrogen-bond donors (Lipinski definition) is 2. The molecule has 0 aliphatic rings. The quantitative estimate of drug-likeness (QED) is 0.0762. The molecule has 0 saturated heterocycles. The number of ketones is 1. The first-order valence-corrected chi connectivity index (χ1v) is 16.3. The Kier molecular flexibility index (Phi) is 14.4. The number of aromatic nitrogens is 1. The first-order valence-electron chi connectivity index (χ1n) is 14.8. The van der Waals surface area contributed by atoms with Gasteiger partial charge in [-0.2, -0.15) is 0 Å². The van der Waals surface area contributed by atoms with Crippen LogP contribution >= 0.6 is 39.1 Å². The molecule has 2 aromatic carbocycles. The van der Waals surface area contributed by atoms with Gasteiger partial charge in [0.2, 0.25) is 5.78 Å². The number of nitrogens with zero attached hydrogens (tertiary/aromatic N) is 2.